The molecule has 10 heteroatoms. The molecule has 3 aliphatic rings. The summed E-state index contributed by atoms with van der Waals surface area (Å²) >= 11 is 0. The quantitative estimate of drug-likeness (QED) is 0.774. The van der Waals surface area contributed by atoms with Crippen LogP contribution in [-0.4, -0.2) is 60.9 Å². The summed E-state index contributed by atoms with van der Waals surface area (Å²) in [6.45, 7) is 3.02. The van der Waals surface area contributed by atoms with Crippen LogP contribution < -0.4 is 15.4 Å². The van der Waals surface area contributed by atoms with Gasteiger partial charge in [-0.15, -0.1) is 0 Å². The van der Waals surface area contributed by atoms with Gasteiger partial charge in [0.05, 0.1) is 17.6 Å². The molecule has 2 bridgehead atoms. The molecule has 4 heterocycles. The zero-order valence-corrected chi connectivity index (χ0v) is 16.4. The van der Waals surface area contributed by atoms with Crippen molar-refractivity contribution in [3.63, 3.8) is 0 Å². The molecule has 2 N–H and O–H groups in total. The third kappa shape index (κ3) is 2.98. The van der Waals surface area contributed by atoms with Crippen molar-refractivity contribution < 1.29 is 17.9 Å². The SMILES string of the molecule is COc1ccc(S(=O)(=O)N2C3CC2CN(c2cc(C)ncn2)C3)cc1C(N)=O. The minimum absolute atomic E-state index is 0.0446. The van der Waals surface area contributed by atoms with Crippen molar-refractivity contribution in [1.82, 2.24) is 14.3 Å². The lowest BCUT2D eigenvalue weighted by Gasteiger charge is -2.55. The highest BCUT2D eigenvalue weighted by Gasteiger charge is 2.51. The average molecular weight is 403 g/mol. The number of piperazine rings is 1. The Bertz CT molecular complexity index is 1030. The molecular weight excluding hydrogens is 382 g/mol. The largest absolute Gasteiger partial charge is 0.496 e. The highest BCUT2D eigenvalue weighted by molar-refractivity contribution is 7.89. The van der Waals surface area contributed by atoms with Crippen LogP contribution in [0.2, 0.25) is 0 Å². The maximum Gasteiger partial charge on any atom is 0.252 e. The maximum absolute atomic E-state index is 13.2. The smallest absolute Gasteiger partial charge is 0.252 e. The van der Waals surface area contributed by atoms with Gasteiger partial charge >= 0.3 is 0 Å². The van der Waals surface area contributed by atoms with Crippen LogP contribution in [-0.2, 0) is 10.0 Å². The number of benzene rings is 1. The van der Waals surface area contributed by atoms with Gasteiger partial charge in [-0.3, -0.25) is 4.79 Å². The second-order valence-corrected chi connectivity index (χ2v) is 8.87. The number of nitrogens with two attached hydrogens (primary N) is 1. The number of hydrogen-bond acceptors (Lipinski definition) is 7. The number of aryl methyl sites for hydroxylation is 1. The third-order valence-corrected chi connectivity index (χ3v) is 7.25. The van der Waals surface area contributed by atoms with E-state index in [1.165, 1.54) is 35.9 Å². The molecule has 0 saturated carbocycles. The molecule has 2 unspecified atom stereocenters. The summed E-state index contributed by atoms with van der Waals surface area (Å²) < 4.78 is 33.0. The van der Waals surface area contributed by atoms with E-state index in [-0.39, 0.29) is 28.3 Å². The Labute approximate surface area is 163 Å². The van der Waals surface area contributed by atoms with Crippen LogP contribution in [0.5, 0.6) is 5.75 Å². The molecule has 3 aliphatic heterocycles. The summed E-state index contributed by atoms with van der Waals surface area (Å²) in [6.07, 6.45) is 2.32. The van der Waals surface area contributed by atoms with E-state index in [4.69, 9.17) is 10.5 Å². The normalized spacial score (nSPS) is 21.9. The molecule has 3 fully saturated rings. The Balaban J connectivity index is 1.59. The number of rotatable bonds is 5. The van der Waals surface area contributed by atoms with Crippen LogP contribution in [0.4, 0.5) is 5.82 Å². The maximum atomic E-state index is 13.2. The minimum Gasteiger partial charge on any atom is -0.496 e. The number of amides is 1. The Kier molecular flexibility index (Phi) is 4.47. The van der Waals surface area contributed by atoms with E-state index >= 15 is 0 Å². The summed E-state index contributed by atoms with van der Waals surface area (Å²) in [6, 6.07) is 5.80. The van der Waals surface area contributed by atoms with Crippen molar-refractivity contribution in [2.75, 3.05) is 25.1 Å². The number of hydrogen-bond donors (Lipinski definition) is 1. The fraction of sp³-hybridized carbons (Fsp3) is 0.389. The van der Waals surface area contributed by atoms with Crippen molar-refractivity contribution in [3.05, 3.63) is 41.9 Å². The minimum atomic E-state index is -3.75. The number of fused-ring (bicyclic) bond motifs is 2. The summed E-state index contributed by atoms with van der Waals surface area (Å²) in [5.74, 6) is 0.322. The molecule has 2 atom stereocenters. The molecule has 5 rings (SSSR count). The monoisotopic (exact) mass is 403 g/mol. The molecule has 1 aromatic heterocycles. The van der Waals surface area contributed by atoms with Crippen molar-refractivity contribution >= 4 is 21.7 Å². The van der Waals surface area contributed by atoms with Crippen LogP contribution in [0.3, 0.4) is 0 Å². The lowest BCUT2D eigenvalue weighted by Crippen LogP contribution is -2.70. The molecule has 2 aromatic rings. The first-order valence-electron chi connectivity index (χ1n) is 8.86. The van der Waals surface area contributed by atoms with Crippen LogP contribution in [0.25, 0.3) is 0 Å². The van der Waals surface area contributed by atoms with Gasteiger partial charge in [0.25, 0.3) is 5.91 Å². The summed E-state index contributed by atoms with van der Waals surface area (Å²) in [5, 5.41) is 0. The van der Waals surface area contributed by atoms with Crippen LogP contribution in [0, 0.1) is 6.92 Å². The number of anilines is 1. The zero-order chi connectivity index (χ0) is 20.1. The number of sulfonamides is 1. The van der Waals surface area contributed by atoms with Gasteiger partial charge in [-0.25, -0.2) is 18.4 Å². The zero-order valence-electron chi connectivity index (χ0n) is 15.6. The highest BCUT2D eigenvalue weighted by Crippen LogP contribution is 2.39. The molecule has 28 heavy (non-hydrogen) atoms. The van der Waals surface area contributed by atoms with E-state index < -0.39 is 15.9 Å². The molecule has 1 amide bonds. The number of carbonyl (C=O) groups excluding carboxylic acids is 1. The number of piperidine rings is 1. The van der Waals surface area contributed by atoms with Gasteiger partial charge in [-0.2, -0.15) is 4.31 Å². The summed E-state index contributed by atoms with van der Waals surface area (Å²) in [7, 11) is -2.34. The number of nitrogens with zero attached hydrogens (tertiary/aromatic N) is 4. The lowest BCUT2D eigenvalue weighted by atomic mass is 9.91. The second-order valence-electron chi connectivity index (χ2n) is 7.03. The molecular formula is C18H21N5O4S. The first-order chi connectivity index (χ1) is 13.3. The van der Waals surface area contributed by atoms with Gasteiger partial charge in [-0.05, 0) is 31.5 Å². The van der Waals surface area contributed by atoms with Crippen LogP contribution in [0.15, 0.2) is 35.5 Å². The molecule has 0 aliphatic carbocycles. The number of primary amides is 1. The van der Waals surface area contributed by atoms with Crippen LogP contribution in [0.1, 0.15) is 22.5 Å². The standard InChI is InChI=1S/C18H21N5O4S/c1-11-5-17(21-10-20-11)22-8-12-6-13(9-22)23(12)28(25,26)14-3-4-16(27-2)15(7-14)18(19)24/h3-5,7,10,12-13H,6,8-9H2,1-2H3,(H2,19,24). The molecule has 9 nitrogen and oxygen atoms in total. The molecule has 3 saturated heterocycles. The Morgan fingerprint density at radius 2 is 1.93 bits per heavy atom. The van der Waals surface area contributed by atoms with Gasteiger partial charge in [0, 0.05) is 36.9 Å². The fourth-order valence-electron chi connectivity index (χ4n) is 3.93. The van der Waals surface area contributed by atoms with E-state index in [0.717, 1.165) is 17.9 Å². The van der Waals surface area contributed by atoms with Gasteiger partial charge in [0.15, 0.2) is 0 Å². The number of ether oxygens (including phenoxy) is 1. The van der Waals surface area contributed by atoms with Crippen molar-refractivity contribution in [1.29, 1.82) is 0 Å². The number of aromatic nitrogens is 2. The second kappa shape index (κ2) is 6.71. The Morgan fingerprint density at radius 1 is 1.21 bits per heavy atom. The van der Waals surface area contributed by atoms with Crippen molar-refractivity contribution in [3.8, 4) is 5.75 Å². The van der Waals surface area contributed by atoms with E-state index in [1.54, 1.807) is 0 Å². The third-order valence-electron chi connectivity index (χ3n) is 5.25. The van der Waals surface area contributed by atoms with E-state index in [2.05, 4.69) is 14.9 Å². The number of methoxy groups -OCH3 is 1. The Hall–Kier alpha value is -2.72. The van der Waals surface area contributed by atoms with Gasteiger partial charge in [-0.1, -0.05) is 0 Å². The van der Waals surface area contributed by atoms with Gasteiger partial charge in [0.2, 0.25) is 10.0 Å². The van der Waals surface area contributed by atoms with Crippen molar-refractivity contribution in [2.45, 2.75) is 30.3 Å². The molecule has 1 aromatic carbocycles. The summed E-state index contributed by atoms with van der Waals surface area (Å²) in [5.41, 5.74) is 6.28. The summed E-state index contributed by atoms with van der Waals surface area (Å²) in [4.78, 5) is 22.2. The van der Waals surface area contributed by atoms with Crippen LogP contribution >= 0.6 is 0 Å². The van der Waals surface area contributed by atoms with E-state index in [1.807, 2.05) is 13.0 Å². The van der Waals surface area contributed by atoms with Crippen molar-refractivity contribution in [2.24, 2.45) is 5.73 Å². The predicted octanol–water partition coefficient (Wildman–Crippen LogP) is 0.544. The Morgan fingerprint density at radius 3 is 2.54 bits per heavy atom. The number of carbonyl (C=O) groups is 1. The van der Waals surface area contributed by atoms with E-state index in [9.17, 15) is 13.2 Å². The fourth-order valence-corrected chi connectivity index (χ4v) is 5.77. The van der Waals surface area contributed by atoms with Gasteiger partial charge in [0.1, 0.15) is 17.9 Å². The molecule has 0 radical (unpaired) electrons. The first kappa shape index (κ1) is 18.6. The molecule has 148 valence electrons. The van der Waals surface area contributed by atoms with E-state index in [0.29, 0.717) is 13.1 Å². The van der Waals surface area contributed by atoms with Gasteiger partial charge < -0.3 is 15.4 Å². The lowest BCUT2D eigenvalue weighted by molar-refractivity contribution is 0.0874. The average Bonchev–Trinajstić information content (AvgIpc) is 2.67. The topological polar surface area (TPSA) is 119 Å². The molecule has 0 spiro atoms. The predicted molar refractivity (Wildman–Crippen MR) is 102 cm³/mol. The first-order valence-corrected chi connectivity index (χ1v) is 10.3. The highest BCUT2D eigenvalue weighted by atomic mass is 32.2.